The lowest BCUT2D eigenvalue weighted by Gasteiger charge is -2.02. The molecule has 0 bridgehead atoms. The van der Waals surface area contributed by atoms with Crippen LogP contribution >= 0.6 is 0 Å². The Balaban J connectivity index is 3.82. The first-order valence-electron chi connectivity index (χ1n) is 2.05. The van der Waals surface area contributed by atoms with Crippen molar-refractivity contribution in [1.82, 2.24) is 0 Å². The summed E-state index contributed by atoms with van der Waals surface area (Å²) >= 11 is 0. The minimum absolute atomic E-state index is 0.625. The normalized spacial score (nSPS) is 10.6. The van der Waals surface area contributed by atoms with Gasteiger partial charge in [-0.15, -0.1) is 0 Å². The maximum Gasteiger partial charge on any atom is 0.132 e. The van der Waals surface area contributed by atoms with Gasteiger partial charge in [0.25, 0.3) is 0 Å². The largest absolute Gasteiger partial charge is 0.302 e. The van der Waals surface area contributed by atoms with Gasteiger partial charge in [0.05, 0.1) is 5.41 Å². The molecule has 0 saturated heterocycles. The van der Waals surface area contributed by atoms with Gasteiger partial charge in [-0.05, 0) is 13.8 Å². The standard InChI is InChI=1S/C5H8O2/c1-5(2,3-6)4-7/h3-4H,1-2H3. The SMILES string of the molecule is CC(C)(C=O)C=O. The fourth-order valence-corrected chi connectivity index (χ4v) is 0.0278. The van der Waals surface area contributed by atoms with Crippen molar-refractivity contribution in [2.24, 2.45) is 5.41 Å². The van der Waals surface area contributed by atoms with E-state index in [0.717, 1.165) is 0 Å². The van der Waals surface area contributed by atoms with E-state index in [2.05, 4.69) is 0 Å². The summed E-state index contributed by atoms with van der Waals surface area (Å²) < 4.78 is 0. The summed E-state index contributed by atoms with van der Waals surface area (Å²) in [6, 6.07) is 0. The van der Waals surface area contributed by atoms with Gasteiger partial charge in [0, 0.05) is 0 Å². The number of hydrogen-bond acceptors (Lipinski definition) is 2. The van der Waals surface area contributed by atoms with E-state index in [-0.39, 0.29) is 0 Å². The molecule has 2 nitrogen and oxygen atoms in total. The smallest absolute Gasteiger partial charge is 0.132 e. The summed E-state index contributed by atoms with van der Waals surface area (Å²) in [5.41, 5.74) is -0.778. The molecule has 40 valence electrons. The van der Waals surface area contributed by atoms with Crippen LogP contribution in [0.1, 0.15) is 13.8 Å². The van der Waals surface area contributed by atoms with E-state index >= 15 is 0 Å². The van der Waals surface area contributed by atoms with Gasteiger partial charge in [-0.25, -0.2) is 0 Å². The minimum Gasteiger partial charge on any atom is -0.302 e. The van der Waals surface area contributed by atoms with Crippen molar-refractivity contribution in [3.8, 4) is 0 Å². The van der Waals surface area contributed by atoms with Gasteiger partial charge < -0.3 is 9.59 Å². The highest BCUT2D eigenvalue weighted by Crippen LogP contribution is 2.03. The van der Waals surface area contributed by atoms with Crippen LogP contribution < -0.4 is 0 Å². The molecule has 0 N–H and O–H groups in total. The van der Waals surface area contributed by atoms with Gasteiger partial charge in [0.15, 0.2) is 0 Å². The maximum absolute atomic E-state index is 9.83. The van der Waals surface area contributed by atoms with Gasteiger partial charge >= 0.3 is 0 Å². The van der Waals surface area contributed by atoms with Crippen molar-refractivity contribution >= 4 is 12.6 Å². The lowest BCUT2D eigenvalue weighted by Crippen LogP contribution is -2.13. The quantitative estimate of drug-likeness (QED) is 0.372. The second-order valence-electron chi connectivity index (χ2n) is 2.06. The number of carbonyl (C=O) groups is 2. The Morgan fingerprint density at radius 2 is 1.43 bits per heavy atom. The van der Waals surface area contributed by atoms with Crippen molar-refractivity contribution in [2.75, 3.05) is 0 Å². The van der Waals surface area contributed by atoms with Gasteiger partial charge in [-0.3, -0.25) is 0 Å². The Bertz CT molecular complexity index is 74.1. The van der Waals surface area contributed by atoms with Crippen LogP contribution in [0.5, 0.6) is 0 Å². The first kappa shape index (κ1) is 6.34. The highest BCUT2D eigenvalue weighted by atomic mass is 16.1. The minimum atomic E-state index is -0.778. The molecule has 0 fully saturated rings. The maximum atomic E-state index is 9.83. The summed E-state index contributed by atoms with van der Waals surface area (Å²) in [6.07, 6.45) is 1.25. The lowest BCUT2D eigenvalue weighted by molar-refractivity contribution is -0.124. The molecule has 0 rings (SSSR count). The van der Waals surface area contributed by atoms with E-state index in [1.165, 1.54) is 0 Å². The molecule has 0 atom stereocenters. The first-order chi connectivity index (χ1) is 3.12. The van der Waals surface area contributed by atoms with E-state index < -0.39 is 5.41 Å². The Morgan fingerprint density at radius 1 is 1.14 bits per heavy atom. The molecular formula is C5H8O2. The molecule has 0 aliphatic carbocycles. The predicted molar refractivity (Wildman–Crippen MR) is 25.9 cm³/mol. The van der Waals surface area contributed by atoms with Crippen LogP contribution in [0.15, 0.2) is 0 Å². The fraction of sp³-hybridized carbons (Fsp3) is 0.600. The van der Waals surface area contributed by atoms with Crippen molar-refractivity contribution in [3.05, 3.63) is 0 Å². The molecule has 0 spiro atoms. The number of hydrogen-bond donors (Lipinski definition) is 0. The third-order valence-corrected chi connectivity index (χ3v) is 0.607. The molecule has 0 aromatic rings. The van der Waals surface area contributed by atoms with Crippen LogP contribution in [0.4, 0.5) is 0 Å². The van der Waals surface area contributed by atoms with Crippen LogP contribution in [0.2, 0.25) is 0 Å². The zero-order valence-electron chi connectivity index (χ0n) is 4.47. The molecule has 0 aliphatic heterocycles. The van der Waals surface area contributed by atoms with E-state index in [0.29, 0.717) is 12.6 Å². The Hall–Kier alpha value is -0.660. The molecule has 0 radical (unpaired) electrons. The monoisotopic (exact) mass is 100 g/mol. The Kier molecular flexibility index (Phi) is 1.69. The van der Waals surface area contributed by atoms with E-state index in [1.807, 2.05) is 0 Å². The topological polar surface area (TPSA) is 34.1 Å². The number of carbonyl (C=O) groups excluding carboxylic acids is 2. The van der Waals surface area contributed by atoms with Crippen molar-refractivity contribution in [1.29, 1.82) is 0 Å². The van der Waals surface area contributed by atoms with Gasteiger partial charge in [-0.2, -0.15) is 0 Å². The lowest BCUT2D eigenvalue weighted by atomic mass is 9.99. The Labute approximate surface area is 42.5 Å². The van der Waals surface area contributed by atoms with Crippen LogP contribution in [-0.4, -0.2) is 12.6 Å². The van der Waals surface area contributed by atoms with Gasteiger partial charge in [0.2, 0.25) is 0 Å². The highest BCUT2D eigenvalue weighted by Gasteiger charge is 2.12. The van der Waals surface area contributed by atoms with Crippen molar-refractivity contribution < 1.29 is 9.59 Å². The molecule has 0 aromatic carbocycles. The number of aldehydes is 2. The molecule has 7 heavy (non-hydrogen) atoms. The zero-order chi connectivity index (χ0) is 5.91. The number of rotatable bonds is 2. The highest BCUT2D eigenvalue weighted by molar-refractivity contribution is 5.82. The zero-order valence-corrected chi connectivity index (χ0v) is 4.47. The van der Waals surface area contributed by atoms with E-state index in [4.69, 9.17) is 0 Å². The Morgan fingerprint density at radius 3 is 1.43 bits per heavy atom. The summed E-state index contributed by atoms with van der Waals surface area (Å²) in [5.74, 6) is 0. The molecule has 0 heterocycles. The van der Waals surface area contributed by atoms with Crippen LogP contribution in [0, 0.1) is 5.41 Å². The molecule has 0 saturated carbocycles. The van der Waals surface area contributed by atoms with Gasteiger partial charge in [0.1, 0.15) is 12.6 Å². The summed E-state index contributed by atoms with van der Waals surface area (Å²) in [6.45, 7) is 3.12. The first-order valence-corrected chi connectivity index (χ1v) is 2.05. The summed E-state index contributed by atoms with van der Waals surface area (Å²) in [7, 11) is 0. The second kappa shape index (κ2) is 1.87. The third kappa shape index (κ3) is 2.09. The predicted octanol–water partition coefficient (Wildman–Crippen LogP) is 0.410. The van der Waals surface area contributed by atoms with Crippen molar-refractivity contribution in [3.63, 3.8) is 0 Å². The summed E-state index contributed by atoms with van der Waals surface area (Å²) in [4.78, 5) is 19.7. The van der Waals surface area contributed by atoms with E-state index in [9.17, 15) is 9.59 Å². The molecular weight excluding hydrogens is 92.1 g/mol. The molecule has 0 unspecified atom stereocenters. The molecule has 2 heteroatoms. The van der Waals surface area contributed by atoms with Crippen LogP contribution in [-0.2, 0) is 9.59 Å². The van der Waals surface area contributed by atoms with Crippen LogP contribution in [0.25, 0.3) is 0 Å². The van der Waals surface area contributed by atoms with Crippen LogP contribution in [0.3, 0.4) is 0 Å². The average molecular weight is 100 g/mol. The van der Waals surface area contributed by atoms with Crippen molar-refractivity contribution in [2.45, 2.75) is 13.8 Å². The molecule has 0 aliphatic rings. The molecule has 0 amide bonds. The third-order valence-electron chi connectivity index (χ3n) is 0.607. The molecule has 0 aromatic heterocycles. The summed E-state index contributed by atoms with van der Waals surface area (Å²) in [5, 5.41) is 0. The average Bonchev–Trinajstić information content (AvgIpc) is 1.68. The fourth-order valence-electron chi connectivity index (χ4n) is 0.0278. The van der Waals surface area contributed by atoms with Gasteiger partial charge in [-0.1, -0.05) is 0 Å². The second-order valence-corrected chi connectivity index (χ2v) is 2.06. The van der Waals surface area contributed by atoms with E-state index in [1.54, 1.807) is 13.8 Å².